The average Bonchev–Trinajstić information content (AvgIpc) is 2.75. The number of hydrogen-bond donors (Lipinski definition) is 2. The number of carbonyl (C=O) groups excluding carboxylic acids is 2. The van der Waals surface area contributed by atoms with Crippen LogP contribution in [0.1, 0.15) is 15.9 Å². The first-order chi connectivity index (χ1) is 14.5. The van der Waals surface area contributed by atoms with Gasteiger partial charge in [-0.15, -0.1) is 0 Å². The second kappa shape index (κ2) is 10.3. The number of nitrogens with one attached hydrogen (secondary N) is 2. The Labute approximate surface area is 180 Å². The molecule has 2 N–H and O–H groups in total. The van der Waals surface area contributed by atoms with Gasteiger partial charge in [0.25, 0.3) is 11.8 Å². The highest BCUT2D eigenvalue weighted by Gasteiger charge is 2.09. The van der Waals surface area contributed by atoms with E-state index in [0.29, 0.717) is 16.9 Å². The lowest BCUT2D eigenvalue weighted by molar-refractivity contribution is -0.118. The van der Waals surface area contributed by atoms with Gasteiger partial charge < -0.3 is 10.1 Å². The molecule has 3 rings (SSSR count). The number of halogens is 2. The molecule has 0 aliphatic rings. The highest BCUT2D eigenvalue weighted by Crippen LogP contribution is 2.17. The largest absolute Gasteiger partial charge is 0.483 e. The van der Waals surface area contributed by atoms with E-state index in [0.717, 1.165) is 4.47 Å². The zero-order valence-electron chi connectivity index (χ0n) is 15.6. The van der Waals surface area contributed by atoms with Crippen molar-refractivity contribution in [1.29, 1.82) is 0 Å². The molecule has 0 heterocycles. The van der Waals surface area contributed by atoms with E-state index in [-0.39, 0.29) is 18.2 Å². The van der Waals surface area contributed by atoms with Crippen LogP contribution in [-0.4, -0.2) is 24.6 Å². The maximum absolute atomic E-state index is 13.6. The summed E-state index contributed by atoms with van der Waals surface area (Å²) in [7, 11) is 0. The molecule has 0 aromatic heterocycles. The minimum Gasteiger partial charge on any atom is -0.483 e. The monoisotopic (exact) mass is 469 g/mol. The molecular formula is C22H17BrFN3O3. The van der Waals surface area contributed by atoms with Gasteiger partial charge in [0.15, 0.2) is 6.61 Å². The summed E-state index contributed by atoms with van der Waals surface area (Å²) in [6.45, 7) is -0.315. The van der Waals surface area contributed by atoms with Crippen LogP contribution < -0.4 is 15.5 Å². The molecule has 152 valence electrons. The summed E-state index contributed by atoms with van der Waals surface area (Å²) in [5.41, 5.74) is 3.54. The number of benzene rings is 3. The van der Waals surface area contributed by atoms with Crippen LogP contribution in [-0.2, 0) is 4.79 Å². The molecule has 0 unspecified atom stereocenters. The molecule has 6 nitrogen and oxygen atoms in total. The fourth-order valence-electron chi connectivity index (χ4n) is 2.44. The van der Waals surface area contributed by atoms with Gasteiger partial charge in [-0.05, 0) is 48.5 Å². The van der Waals surface area contributed by atoms with Crippen molar-refractivity contribution in [3.05, 3.63) is 94.2 Å². The number of hydrogen-bond acceptors (Lipinski definition) is 4. The maximum atomic E-state index is 13.6. The van der Waals surface area contributed by atoms with Gasteiger partial charge >= 0.3 is 0 Å². The molecular weight excluding hydrogens is 453 g/mol. The van der Waals surface area contributed by atoms with E-state index >= 15 is 0 Å². The maximum Gasteiger partial charge on any atom is 0.271 e. The van der Waals surface area contributed by atoms with Gasteiger partial charge in [0.05, 0.1) is 11.9 Å². The Balaban J connectivity index is 1.58. The first kappa shape index (κ1) is 21.2. The van der Waals surface area contributed by atoms with Crippen molar-refractivity contribution >= 4 is 39.6 Å². The SMILES string of the molecule is O=C(COc1ccccc1C=NNC(=O)c1ccc(Br)cc1)Nc1ccccc1F. The van der Waals surface area contributed by atoms with Gasteiger partial charge in [-0.3, -0.25) is 9.59 Å². The number of nitrogens with zero attached hydrogens (tertiary/aromatic N) is 1. The van der Waals surface area contributed by atoms with E-state index in [2.05, 4.69) is 31.8 Å². The third-order valence-electron chi connectivity index (χ3n) is 3.90. The van der Waals surface area contributed by atoms with Crippen molar-refractivity contribution in [2.75, 3.05) is 11.9 Å². The lowest BCUT2D eigenvalue weighted by Crippen LogP contribution is -2.21. The number of amides is 2. The number of ether oxygens (including phenoxy) is 1. The van der Waals surface area contributed by atoms with Crippen LogP contribution in [0, 0.1) is 5.82 Å². The van der Waals surface area contributed by atoms with E-state index in [1.807, 2.05) is 0 Å². The van der Waals surface area contributed by atoms with Crippen molar-refractivity contribution in [1.82, 2.24) is 5.43 Å². The van der Waals surface area contributed by atoms with Gasteiger partial charge in [0, 0.05) is 15.6 Å². The van der Waals surface area contributed by atoms with Crippen LogP contribution in [0.2, 0.25) is 0 Å². The molecule has 0 spiro atoms. The van der Waals surface area contributed by atoms with Crippen molar-refractivity contribution in [2.45, 2.75) is 0 Å². The molecule has 0 saturated heterocycles. The topological polar surface area (TPSA) is 79.8 Å². The van der Waals surface area contributed by atoms with Crippen molar-refractivity contribution in [2.24, 2.45) is 5.10 Å². The van der Waals surface area contributed by atoms with Crippen molar-refractivity contribution in [3.63, 3.8) is 0 Å². The van der Waals surface area contributed by atoms with E-state index in [4.69, 9.17) is 4.74 Å². The predicted octanol–water partition coefficient (Wildman–Crippen LogP) is 4.37. The summed E-state index contributed by atoms with van der Waals surface area (Å²) in [4.78, 5) is 24.1. The smallest absolute Gasteiger partial charge is 0.271 e. The van der Waals surface area contributed by atoms with Crippen LogP contribution in [0.25, 0.3) is 0 Å². The highest BCUT2D eigenvalue weighted by atomic mass is 79.9. The first-order valence-corrected chi connectivity index (χ1v) is 9.67. The van der Waals surface area contributed by atoms with Crippen LogP contribution in [0.5, 0.6) is 5.75 Å². The van der Waals surface area contributed by atoms with Crippen LogP contribution >= 0.6 is 15.9 Å². The Morgan fingerprint density at radius 1 is 1.00 bits per heavy atom. The van der Waals surface area contributed by atoms with E-state index in [1.54, 1.807) is 54.6 Å². The Hall–Kier alpha value is -3.52. The van der Waals surface area contributed by atoms with Crippen LogP contribution in [0.3, 0.4) is 0 Å². The Morgan fingerprint density at radius 3 is 2.47 bits per heavy atom. The Bertz CT molecular complexity index is 1070. The molecule has 3 aromatic rings. The fraction of sp³-hybridized carbons (Fsp3) is 0.0455. The molecule has 0 radical (unpaired) electrons. The minimum absolute atomic E-state index is 0.0802. The summed E-state index contributed by atoms with van der Waals surface area (Å²) in [5.74, 6) is -1.00. The van der Waals surface area contributed by atoms with Gasteiger partial charge in [-0.25, -0.2) is 9.82 Å². The van der Waals surface area contributed by atoms with E-state index in [9.17, 15) is 14.0 Å². The number of carbonyl (C=O) groups is 2. The standard InChI is InChI=1S/C22H17BrFN3O3/c23-17-11-9-15(10-12-17)22(29)27-25-13-16-5-1-4-8-20(16)30-14-21(28)26-19-7-3-2-6-18(19)24/h1-13H,14H2,(H,26,28)(H,27,29). The predicted molar refractivity (Wildman–Crippen MR) is 116 cm³/mol. The van der Waals surface area contributed by atoms with Gasteiger partial charge in [0.1, 0.15) is 11.6 Å². The van der Waals surface area contributed by atoms with Crippen molar-refractivity contribution in [3.8, 4) is 5.75 Å². The van der Waals surface area contributed by atoms with Gasteiger partial charge in [-0.2, -0.15) is 5.10 Å². The van der Waals surface area contributed by atoms with Gasteiger partial charge in [0.2, 0.25) is 0 Å². The van der Waals surface area contributed by atoms with Gasteiger partial charge in [-0.1, -0.05) is 40.2 Å². The zero-order valence-corrected chi connectivity index (χ0v) is 17.2. The van der Waals surface area contributed by atoms with Crippen LogP contribution in [0.15, 0.2) is 82.4 Å². The van der Waals surface area contributed by atoms with E-state index in [1.165, 1.54) is 24.4 Å². The Morgan fingerprint density at radius 2 is 1.70 bits per heavy atom. The molecule has 2 amide bonds. The molecule has 0 aliphatic heterocycles. The Kier molecular flexibility index (Phi) is 7.29. The van der Waals surface area contributed by atoms with Crippen molar-refractivity contribution < 1.29 is 18.7 Å². The molecule has 8 heteroatoms. The first-order valence-electron chi connectivity index (χ1n) is 8.88. The van der Waals surface area contributed by atoms with E-state index < -0.39 is 11.7 Å². The van der Waals surface area contributed by atoms with Crippen LogP contribution in [0.4, 0.5) is 10.1 Å². The number of rotatable bonds is 7. The zero-order chi connectivity index (χ0) is 21.3. The minimum atomic E-state index is -0.528. The molecule has 30 heavy (non-hydrogen) atoms. The summed E-state index contributed by atoms with van der Waals surface area (Å²) in [5, 5.41) is 6.39. The third-order valence-corrected chi connectivity index (χ3v) is 4.43. The molecule has 0 atom stereocenters. The number of para-hydroxylation sites is 2. The third kappa shape index (κ3) is 5.99. The quantitative estimate of drug-likeness (QED) is 0.398. The molecule has 3 aromatic carbocycles. The lowest BCUT2D eigenvalue weighted by atomic mass is 10.2. The second-order valence-corrected chi connectivity index (χ2v) is 6.98. The molecule has 0 bridgehead atoms. The summed E-state index contributed by atoms with van der Waals surface area (Å²) >= 11 is 3.31. The molecule has 0 saturated carbocycles. The summed E-state index contributed by atoms with van der Waals surface area (Å²) in [6.07, 6.45) is 1.42. The summed E-state index contributed by atoms with van der Waals surface area (Å²) in [6, 6.07) is 19.6. The summed E-state index contributed by atoms with van der Waals surface area (Å²) < 4.78 is 20.0. The fourth-order valence-corrected chi connectivity index (χ4v) is 2.70. The number of hydrazone groups is 1. The average molecular weight is 470 g/mol. The highest BCUT2D eigenvalue weighted by molar-refractivity contribution is 9.10. The molecule has 0 aliphatic carbocycles. The normalized spacial score (nSPS) is 10.6. The number of anilines is 1. The molecule has 0 fully saturated rings. The second-order valence-electron chi connectivity index (χ2n) is 6.06. The lowest BCUT2D eigenvalue weighted by Gasteiger charge is -2.10.